The largest absolute Gasteiger partial charge is 0.322 e. The summed E-state index contributed by atoms with van der Waals surface area (Å²) in [5.41, 5.74) is 3.70. The third-order valence-corrected chi connectivity index (χ3v) is 7.21. The zero-order valence-electron chi connectivity index (χ0n) is 16.8. The highest BCUT2D eigenvalue weighted by molar-refractivity contribution is 7.89. The van der Waals surface area contributed by atoms with E-state index in [9.17, 15) is 13.2 Å². The molecule has 1 saturated heterocycles. The number of sulfonamides is 1. The van der Waals surface area contributed by atoms with Crippen molar-refractivity contribution in [2.24, 2.45) is 0 Å². The van der Waals surface area contributed by atoms with Crippen LogP contribution in [0, 0.1) is 20.8 Å². The van der Waals surface area contributed by atoms with Crippen molar-refractivity contribution in [1.29, 1.82) is 0 Å². The monoisotopic (exact) mass is 401 g/mol. The molecule has 3 rings (SSSR count). The quantitative estimate of drug-likeness (QED) is 0.855. The van der Waals surface area contributed by atoms with Crippen LogP contribution in [0.2, 0.25) is 0 Å². The van der Waals surface area contributed by atoms with Crippen molar-refractivity contribution >= 4 is 21.6 Å². The first-order valence-electron chi connectivity index (χ1n) is 9.36. The molecule has 1 aliphatic heterocycles. The minimum Gasteiger partial charge on any atom is -0.322 e. The van der Waals surface area contributed by atoms with Crippen LogP contribution in [0.3, 0.4) is 0 Å². The molecule has 0 radical (unpaired) electrons. The Balaban J connectivity index is 1.88. The summed E-state index contributed by atoms with van der Waals surface area (Å²) in [5, 5.41) is 2.90. The third-order valence-electron chi connectivity index (χ3n) is 5.17. The predicted octanol–water partition coefficient (Wildman–Crippen LogP) is 2.80. The summed E-state index contributed by atoms with van der Waals surface area (Å²) < 4.78 is 27.7. The third kappa shape index (κ3) is 4.27. The molecule has 0 spiro atoms. The van der Waals surface area contributed by atoms with E-state index in [2.05, 4.69) is 10.2 Å². The number of hydrogen-bond acceptors (Lipinski definition) is 4. The van der Waals surface area contributed by atoms with E-state index in [0.29, 0.717) is 37.3 Å². The van der Waals surface area contributed by atoms with Crippen LogP contribution in [-0.4, -0.2) is 56.8 Å². The summed E-state index contributed by atoms with van der Waals surface area (Å²) in [6.07, 6.45) is 0. The summed E-state index contributed by atoms with van der Waals surface area (Å²) in [4.78, 5) is 15.1. The lowest BCUT2D eigenvalue weighted by atomic mass is 10.1. The number of anilines is 1. The number of piperazine rings is 1. The second-order valence-corrected chi connectivity index (χ2v) is 9.37. The Morgan fingerprint density at radius 3 is 2.25 bits per heavy atom. The molecule has 1 aliphatic rings. The molecule has 2 aromatic rings. The van der Waals surface area contributed by atoms with Crippen LogP contribution < -0.4 is 5.32 Å². The Labute approximate surface area is 167 Å². The van der Waals surface area contributed by atoms with Crippen LogP contribution in [-0.2, 0) is 10.0 Å². The van der Waals surface area contributed by atoms with E-state index in [-0.39, 0.29) is 10.8 Å². The Kier molecular flexibility index (Phi) is 5.88. The average molecular weight is 402 g/mol. The van der Waals surface area contributed by atoms with Gasteiger partial charge in [-0.1, -0.05) is 18.2 Å². The van der Waals surface area contributed by atoms with Crippen LogP contribution in [0.5, 0.6) is 0 Å². The second kappa shape index (κ2) is 8.03. The first-order chi connectivity index (χ1) is 13.2. The van der Waals surface area contributed by atoms with Crippen molar-refractivity contribution < 1.29 is 13.2 Å². The normalized spacial score (nSPS) is 16.1. The van der Waals surface area contributed by atoms with E-state index in [1.54, 1.807) is 19.1 Å². The summed E-state index contributed by atoms with van der Waals surface area (Å²) >= 11 is 0. The molecule has 6 nitrogen and oxygen atoms in total. The average Bonchev–Trinajstić information content (AvgIpc) is 2.65. The van der Waals surface area contributed by atoms with Gasteiger partial charge < -0.3 is 10.2 Å². The molecule has 0 saturated carbocycles. The number of benzene rings is 2. The molecule has 28 heavy (non-hydrogen) atoms. The maximum atomic E-state index is 13.1. The van der Waals surface area contributed by atoms with Crippen molar-refractivity contribution in [3.63, 3.8) is 0 Å². The summed E-state index contributed by atoms with van der Waals surface area (Å²) in [6, 6.07) is 10.7. The number of carbonyl (C=O) groups excluding carboxylic acids is 1. The van der Waals surface area contributed by atoms with Gasteiger partial charge in [-0.3, -0.25) is 4.79 Å². The zero-order chi connectivity index (χ0) is 20.5. The van der Waals surface area contributed by atoms with Gasteiger partial charge in [0, 0.05) is 37.4 Å². The summed E-state index contributed by atoms with van der Waals surface area (Å²) in [5.74, 6) is -0.316. The molecule has 0 aliphatic carbocycles. The van der Waals surface area contributed by atoms with E-state index < -0.39 is 10.0 Å². The number of rotatable bonds is 4. The van der Waals surface area contributed by atoms with E-state index in [0.717, 1.165) is 16.8 Å². The van der Waals surface area contributed by atoms with Crippen molar-refractivity contribution in [1.82, 2.24) is 9.21 Å². The second-order valence-electron chi connectivity index (χ2n) is 7.46. The molecule has 0 atom stereocenters. The molecular weight excluding hydrogens is 374 g/mol. The van der Waals surface area contributed by atoms with Gasteiger partial charge in [-0.15, -0.1) is 0 Å². The number of nitrogens with zero attached hydrogens (tertiary/aromatic N) is 2. The van der Waals surface area contributed by atoms with Crippen molar-refractivity contribution in [3.05, 3.63) is 58.7 Å². The van der Waals surface area contributed by atoms with Gasteiger partial charge in [0.1, 0.15) is 0 Å². The van der Waals surface area contributed by atoms with Gasteiger partial charge >= 0.3 is 0 Å². The molecule has 0 unspecified atom stereocenters. The maximum Gasteiger partial charge on any atom is 0.255 e. The topological polar surface area (TPSA) is 69.7 Å². The molecule has 2 aromatic carbocycles. The fraction of sp³-hybridized carbons (Fsp3) is 0.381. The van der Waals surface area contributed by atoms with Gasteiger partial charge in [0.25, 0.3) is 5.91 Å². The number of aryl methyl sites for hydroxylation is 3. The molecule has 1 fully saturated rings. The van der Waals surface area contributed by atoms with Gasteiger partial charge in [-0.2, -0.15) is 4.31 Å². The summed E-state index contributed by atoms with van der Waals surface area (Å²) in [6.45, 7) is 7.95. The van der Waals surface area contributed by atoms with Crippen molar-refractivity contribution in [2.45, 2.75) is 25.7 Å². The van der Waals surface area contributed by atoms with E-state index in [1.807, 2.05) is 39.1 Å². The van der Waals surface area contributed by atoms with Crippen LogP contribution >= 0.6 is 0 Å². The maximum absolute atomic E-state index is 13.1. The fourth-order valence-electron chi connectivity index (χ4n) is 3.25. The van der Waals surface area contributed by atoms with Crippen LogP contribution in [0.4, 0.5) is 5.69 Å². The standard InChI is InChI=1S/C21H27N3O3S/c1-15-5-6-16(2)19(13-15)22-21(25)18-8-7-17(3)20(14-18)28(26,27)24-11-9-23(4)10-12-24/h5-8,13-14H,9-12H2,1-4H3,(H,22,25). The number of likely N-dealkylation sites (N-methyl/N-ethyl adjacent to an activating group) is 1. The van der Waals surface area contributed by atoms with Gasteiger partial charge in [0.2, 0.25) is 10.0 Å². The lowest BCUT2D eigenvalue weighted by molar-refractivity contribution is 0.102. The lowest BCUT2D eigenvalue weighted by Gasteiger charge is -2.32. The minimum atomic E-state index is -3.63. The zero-order valence-corrected chi connectivity index (χ0v) is 17.6. The smallest absolute Gasteiger partial charge is 0.255 e. The van der Waals surface area contributed by atoms with Gasteiger partial charge in [0.05, 0.1) is 4.90 Å². The van der Waals surface area contributed by atoms with Crippen LogP contribution in [0.15, 0.2) is 41.3 Å². The molecule has 7 heteroatoms. The first-order valence-corrected chi connectivity index (χ1v) is 10.8. The van der Waals surface area contributed by atoms with Crippen LogP contribution in [0.1, 0.15) is 27.0 Å². The van der Waals surface area contributed by atoms with E-state index in [1.165, 1.54) is 10.4 Å². The highest BCUT2D eigenvalue weighted by atomic mass is 32.2. The van der Waals surface area contributed by atoms with E-state index >= 15 is 0 Å². The molecular formula is C21H27N3O3S. The van der Waals surface area contributed by atoms with Crippen LogP contribution in [0.25, 0.3) is 0 Å². The Morgan fingerprint density at radius 1 is 0.929 bits per heavy atom. The van der Waals surface area contributed by atoms with Crippen molar-refractivity contribution in [2.75, 3.05) is 38.5 Å². The SMILES string of the molecule is Cc1ccc(C)c(NC(=O)c2ccc(C)c(S(=O)(=O)N3CCN(C)CC3)c2)c1. The fourth-order valence-corrected chi connectivity index (χ4v) is 4.92. The number of carbonyl (C=O) groups is 1. The molecule has 0 aromatic heterocycles. The molecule has 0 bridgehead atoms. The first kappa shape index (κ1) is 20.5. The highest BCUT2D eigenvalue weighted by Crippen LogP contribution is 2.24. The number of hydrogen-bond donors (Lipinski definition) is 1. The van der Waals surface area contributed by atoms with E-state index in [4.69, 9.17) is 0 Å². The Morgan fingerprint density at radius 2 is 1.57 bits per heavy atom. The Bertz CT molecular complexity index is 994. The lowest BCUT2D eigenvalue weighted by Crippen LogP contribution is -2.47. The number of amides is 1. The summed E-state index contributed by atoms with van der Waals surface area (Å²) in [7, 11) is -1.65. The van der Waals surface area contributed by atoms with Gasteiger partial charge in [-0.25, -0.2) is 8.42 Å². The predicted molar refractivity (Wildman–Crippen MR) is 111 cm³/mol. The van der Waals surface area contributed by atoms with Gasteiger partial charge in [-0.05, 0) is 62.7 Å². The van der Waals surface area contributed by atoms with Crippen molar-refractivity contribution in [3.8, 4) is 0 Å². The van der Waals surface area contributed by atoms with Gasteiger partial charge in [0.15, 0.2) is 0 Å². The molecule has 150 valence electrons. The molecule has 1 N–H and O–H groups in total. The minimum absolute atomic E-state index is 0.200. The molecule has 1 amide bonds. The Hall–Kier alpha value is -2.22. The molecule has 1 heterocycles. The highest BCUT2D eigenvalue weighted by Gasteiger charge is 2.29. The number of nitrogens with one attached hydrogen (secondary N) is 1.